The van der Waals surface area contributed by atoms with Gasteiger partial charge < -0.3 is 15.0 Å². The van der Waals surface area contributed by atoms with Crippen LogP contribution in [-0.2, 0) is 4.74 Å². The molecule has 0 spiro atoms. The van der Waals surface area contributed by atoms with E-state index in [0.29, 0.717) is 6.61 Å². The zero-order valence-corrected chi connectivity index (χ0v) is 10.4. The highest BCUT2D eigenvalue weighted by Gasteiger charge is 2.05. The topological polar surface area (TPSA) is 50.3 Å². The molecule has 0 bridgehead atoms. The molecule has 0 aliphatic heterocycles. The van der Waals surface area contributed by atoms with Gasteiger partial charge in [0.05, 0.1) is 6.61 Å². The number of rotatable bonds is 6. The van der Waals surface area contributed by atoms with E-state index in [-0.39, 0.29) is 0 Å². The summed E-state index contributed by atoms with van der Waals surface area (Å²) in [4.78, 5) is 10.7. The molecule has 1 heterocycles. The molecule has 0 amide bonds. The summed E-state index contributed by atoms with van der Waals surface area (Å²) in [6.07, 6.45) is 0. The molecule has 0 aliphatic carbocycles. The van der Waals surface area contributed by atoms with Gasteiger partial charge in [0.25, 0.3) is 0 Å². The van der Waals surface area contributed by atoms with Crippen molar-refractivity contribution in [3.63, 3.8) is 0 Å². The van der Waals surface area contributed by atoms with Gasteiger partial charge in [-0.2, -0.15) is 0 Å². The third-order valence-corrected chi connectivity index (χ3v) is 2.25. The van der Waals surface area contributed by atoms with E-state index in [1.807, 2.05) is 34.0 Å². The van der Waals surface area contributed by atoms with Gasteiger partial charge in [-0.3, -0.25) is 0 Å². The summed E-state index contributed by atoms with van der Waals surface area (Å²) >= 11 is 0. The lowest BCUT2D eigenvalue weighted by Gasteiger charge is -2.18. The Bertz CT molecular complexity index is 330. The zero-order chi connectivity index (χ0) is 12.0. The van der Waals surface area contributed by atoms with Gasteiger partial charge in [-0.25, -0.2) is 9.97 Å². The van der Waals surface area contributed by atoms with E-state index in [1.54, 1.807) is 0 Å². The first-order valence-corrected chi connectivity index (χ1v) is 5.49. The highest BCUT2D eigenvalue weighted by molar-refractivity contribution is 5.48. The number of hydrogen-bond donors (Lipinski definition) is 1. The summed E-state index contributed by atoms with van der Waals surface area (Å²) in [6, 6.07) is 1.93. The lowest BCUT2D eigenvalue weighted by Crippen LogP contribution is -2.24. The minimum Gasteiger partial charge on any atom is -0.380 e. The van der Waals surface area contributed by atoms with Crippen molar-refractivity contribution in [2.75, 3.05) is 44.1 Å². The van der Waals surface area contributed by atoms with E-state index in [9.17, 15) is 0 Å². The van der Waals surface area contributed by atoms with Crippen molar-refractivity contribution in [1.29, 1.82) is 0 Å². The van der Waals surface area contributed by atoms with Gasteiger partial charge in [-0.1, -0.05) is 0 Å². The maximum absolute atomic E-state index is 5.31. The van der Waals surface area contributed by atoms with Crippen molar-refractivity contribution in [1.82, 2.24) is 9.97 Å². The minimum absolute atomic E-state index is 0.713. The Morgan fingerprint density at radius 2 is 2.19 bits per heavy atom. The summed E-state index contributed by atoms with van der Waals surface area (Å²) in [7, 11) is 3.85. The summed E-state index contributed by atoms with van der Waals surface area (Å²) < 4.78 is 5.31. The number of aromatic nitrogens is 2. The molecule has 0 saturated heterocycles. The molecule has 0 saturated carbocycles. The summed E-state index contributed by atoms with van der Waals surface area (Å²) in [6.45, 7) is 6.17. The molecule has 0 unspecified atom stereocenters. The molecule has 16 heavy (non-hydrogen) atoms. The molecule has 0 fully saturated rings. The predicted molar refractivity (Wildman–Crippen MR) is 66.1 cm³/mol. The standard InChI is InChI=1S/C11H20N4O/c1-5-16-7-6-15(4)11-8-10(12-3)13-9(2)14-11/h8H,5-7H2,1-4H3,(H,12,13,14). The number of anilines is 2. The second-order valence-electron chi connectivity index (χ2n) is 3.53. The average Bonchev–Trinajstić information content (AvgIpc) is 2.28. The lowest BCUT2D eigenvalue weighted by atomic mass is 10.4. The molecular weight excluding hydrogens is 204 g/mol. The fraction of sp³-hybridized carbons (Fsp3) is 0.636. The van der Waals surface area contributed by atoms with Crippen LogP contribution in [0.15, 0.2) is 6.07 Å². The molecule has 90 valence electrons. The van der Waals surface area contributed by atoms with Crippen molar-refractivity contribution >= 4 is 11.6 Å². The molecule has 0 radical (unpaired) electrons. The van der Waals surface area contributed by atoms with Gasteiger partial charge in [-0.15, -0.1) is 0 Å². The Morgan fingerprint density at radius 3 is 2.81 bits per heavy atom. The van der Waals surface area contributed by atoms with Crippen molar-refractivity contribution in [3.8, 4) is 0 Å². The van der Waals surface area contributed by atoms with Crippen LogP contribution >= 0.6 is 0 Å². The van der Waals surface area contributed by atoms with Crippen molar-refractivity contribution in [2.45, 2.75) is 13.8 Å². The molecule has 5 heteroatoms. The van der Waals surface area contributed by atoms with Crippen LogP contribution in [0.4, 0.5) is 11.6 Å². The highest BCUT2D eigenvalue weighted by Crippen LogP contribution is 2.13. The van der Waals surface area contributed by atoms with E-state index in [4.69, 9.17) is 4.74 Å². The monoisotopic (exact) mass is 224 g/mol. The minimum atomic E-state index is 0.713. The van der Waals surface area contributed by atoms with Gasteiger partial charge in [0.15, 0.2) is 0 Å². The average molecular weight is 224 g/mol. The summed E-state index contributed by atoms with van der Waals surface area (Å²) in [5, 5.41) is 3.02. The molecule has 0 aromatic carbocycles. The van der Waals surface area contributed by atoms with E-state index < -0.39 is 0 Å². The predicted octanol–water partition coefficient (Wildman–Crippen LogP) is 1.30. The second kappa shape index (κ2) is 6.27. The fourth-order valence-corrected chi connectivity index (χ4v) is 1.34. The Balaban J connectivity index is 2.66. The van der Waals surface area contributed by atoms with Crippen LogP contribution in [0, 0.1) is 6.92 Å². The maximum atomic E-state index is 5.31. The van der Waals surface area contributed by atoms with Gasteiger partial charge in [0.1, 0.15) is 17.5 Å². The first-order valence-electron chi connectivity index (χ1n) is 5.49. The normalized spacial score (nSPS) is 10.2. The Hall–Kier alpha value is -1.36. The van der Waals surface area contributed by atoms with E-state index in [1.165, 1.54) is 0 Å². The first kappa shape index (κ1) is 12.7. The number of nitrogens with zero attached hydrogens (tertiary/aromatic N) is 3. The van der Waals surface area contributed by atoms with Crippen LogP contribution < -0.4 is 10.2 Å². The maximum Gasteiger partial charge on any atom is 0.134 e. The van der Waals surface area contributed by atoms with Crippen LogP contribution in [0.3, 0.4) is 0 Å². The van der Waals surface area contributed by atoms with Crippen molar-refractivity contribution < 1.29 is 4.74 Å². The highest BCUT2D eigenvalue weighted by atomic mass is 16.5. The van der Waals surface area contributed by atoms with Crippen LogP contribution in [0.5, 0.6) is 0 Å². The number of likely N-dealkylation sites (N-methyl/N-ethyl adjacent to an activating group) is 1. The van der Waals surface area contributed by atoms with Crippen LogP contribution in [0.25, 0.3) is 0 Å². The van der Waals surface area contributed by atoms with Gasteiger partial charge in [-0.05, 0) is 13.8 Å². The van der Waals surface area contributed by atoms with Gasteiger partial charge >= 0.3 is 0 Å². The number of ether oxygens (including phenoxy) is 1. The lowest BCUT2D eigenvalue weighted by molar-refractivity contribution is 0.154. The second-order valence-corrected chi connectivity index (χ2v) is 3.53. The molecule has 5 nitrogen and oxygen atoms in total. The largest absolute Gasteiger partial charge is 0.380 e. The van der Waals surface area contributed by atoms with Crippen LogP contribution in [0.2, 0.25) is 0 Å². The third kappa shape index (κ3) is 3.66. The van der Waals surface area contributed by atoms with E-state index in [2.05, 4.69) is 20.2 Å². The van der Waals surface area contributed by atoms with Gasteiger partial charge in [0.2, 0.25) is 0 Å². The molecule has 1 N–H and O–H groups in total. The van der Waals surface area contributed by atoms with Crippen LogP contribution in [0.1, 0.15) is 12.7 Å². The van der Waals surface area contributed by atoms with E-state index >= 15 is 0 Å². The SMILES string of the molecule is CCOCCN(C)c1cc(NC)nc(C)n1. The third-order valence-electron chi connectivity index (χ3n) is 2.25. The van der Waals surface area contributed by atoms with Crippen molar-refractivity contribution in [2.24, 2.45) is 0 Å². The Labute approximate surface area is 96.8 Å². The Kier molecular flexibility index (Phi) is 4.98. The van der Waals surface area contributed by atoms with Crippen LogP contribution in [-0.4, -0.2) is 43.8 Å². The summed E-state index contributed by atoms with van der Waals surface area (Å²) in [5.41, 5.74) is 0. The van der Waals surface area contributed by atoms with Crippen molar-refractivity contribution in [3.05, 3.63) is 11.9 Å². The zero-order valence-electron chi connectivity index (χ0n) is 10.4. The summed E-state index contributed by atoms with van der Waals surface area (Å²) in [5.74, 6) is 2.52. The fourth-order valence-electron chi connectivity index (χ4n) is 1.34. The molecule has 1 aromatic heterocycles. The molecule has 1 aromatic rings. The molecular formula is C11H20N4O. The number of nitrogens with one attached hydrogen (secondary N) is 1. The Morgan fingerprint density at radius 1 is 1.44 bits per heavy atom. The molecule has 0 atom stereocenters. The molecule has 1 rings (SSSR count). The van der Waals surface area contributed by atoms with E-state index in [0.717, 1.165) is 30.6 Å². The number of aryl methyl sites for hydroxylation is 1. The number of hydrogen-bond acceptors (Lipinski definition) is 5. The van der Waals surface area contributed by atoms with Gasteiger partial charge in [0, 0.05) is 33.3 Å². The smallest absolute Gasteiger partial charge is 0.134 e. The first-order chi connectivity index (χ1) is 7.67. The molecule has 0 aliphatic rings. The quantitative estimate of drug-likeness (QED) is 0.738.